The minimum Gasteiger partial charge on any atom is -0.492 e. The molecule has 1 fully saturated rings. The second-order valence-electron chi connectivity index (χ2n) is 5.89. The first kappa shape index (κ1) is 14.2. The van der Waals surface area contributed by atoms with Crippen molar-refractivity contribution < 1.29 is 4.74 Å². The maximum Gasteiger partial charge on any atom is 0.119 e. The van der Waals surface area contributed by atoms with Gasteiger partial charge in [0, 0.05) is 6.04 Å². The number of nitrogens with zero attached hydrogens (tertiary/aromatic N) is 1. The zero-order valence-electron chi connectivity index (χ0n) is 12.7. The third kappa shape index (κ3) is 3.85. The van der Waals surface area contributed by atoms with Gasteiger partial charge in [0.05, 0.1) is 0 Å². The summed E-state index contributed by atoms with van der Waals surface area (Å²) in [6.45, 7) is 2.00. The van der Waals surface area contributed by atoms with Gasteiger partial charge in [0.1, 0.15) is 12.4 Å². The highest BCUT2D eigenvalue weighted by atomic mass is 16.5. The van der Waals surface area contributed by atoms with Gasteiger partial charge in [-0.15, -0.1) is 0 Å². The normalized spacial score (nSPS) is 18.8. The summed E-state index contributed by atoms with van der Waals surface area (Å²) in [5.41, 5.74) is 2.67. The lowest BCUT2D eigenvalue weighted by atomic mass is 10.1. The summed E-state index contributed by atoms with van der Waals surface area (Å²) < 4.78 is 5.92. The zero-order valence-corrected chi connectivity index (χ0v) is 12.7. The van der Waals surface area contributed by atoms with Crippen molar-refractivity contribution in [3.63, 3.8) is 0 Å². The third-order valence-electron chi connectivity index (χ3n) is 4.29. The molecule has 2 nitrogen and oxygen atoms in total. The number of likely N-dealkylation sites (tertiary alicyclic amines) is 1. The molecule has 0 radical (unpaired) electrons. The Kier molecular flexibility index (Phi) is 4.56. The number of ether oxygens (including phenoxy) is 1. The lowest BCUT2D eigenvalue weighted by Gasteiger charge is -2.19. The average molecular weight is 281 g/mol. The van der Waals surface area contributed by atoms with Gasteiger partial charge in [0.2, 0.25) is 0 Å². The van der Waals surface area contributed by atoms with Crippen LogP contribution in [0, 0.1) is 0 Å². The van der Waals surface area contributed by atoms with Crippen molar-refractivity contribution in [2.24, 2.45) is 0 Å². The van der Waals surface area contributed by atoms with Crippen molar-refractivity contribution in [3.8, 4) is 5.75 Å². The quantitative estimate of drug-likeness (QED) is 0.827. The summed E-state index contributed by atoms with van der Waals surface area (Å²) in [5, 5.41) is 0. The van der Waals surface area contributed by atoms with E-state index in [2.05, 4.69) is 66.5 Å². The van der Waals surface area contributed by atoms with E-state index in [1.807, 2.05) is 0 Å². The lowest BCUT2D eigenvalue weighted by Crippen LogP contribution is -2.30. The maximum atomic E-state index is 5.92. The molecule has 2 aromatic carbocycles. The lowest BCUT2D eigenvalue weighted by molar-refractivity contribution is 0.198. The van der Waals surface area contributed by atoms with Gasteiger partial charge in [-0.05, 0) is 56.1 Å². The van der Waals surface area contributed by atoms with E-state index < -0.39 is 0 Å². The van der Waals surface area contributed by atoms with Crippen LogP contribution >= 0.6 is 0 Å². The van der Waals surface area contributed by atoms with Gasteiger partial charge in [-0.3, -0.25) is 0 Å². The van der Waals surface area contributed by atoms with E-state index in [-0.39, 0.29) is 0 Å². The largest absolute Gasteiger partial charge is 0.492 e. The van der Waals surface area contributed by atoms with Crippen LogP contribution in [0.2, 0.25) is 0 Å². The van der Waals surface area contributed by atoms with Crippen molar-refractivity contribution >= 4 is 0 Å². The molecule has 1 heterocycles. The molecule has 0 spiro atoms. The fraction of sp³-hybridized carbons (Fsp3) is 0.368. The van der Waals surface area contributed by atoms with Crippen LogP contribution in [0.5, 0.6) is 5.75 Å². The Labute approximate surface area is 127 Å². The molecule has 1 unspecified atom stereocenters. The van der Waals surface area contributed by atoms with E-state index in [1.165, 1.54) is 30.5 Å². The van der Waals surface area contributed by atoms with Gasteiger partial charge in [-0.1, -0.05) is 42.5 Å². The van der Waals surface area contributed by atoms with Crippen molar-refractivity contribution in [2.75, 3.05) is 20.2 Å². The standard InChI is InChI=1S/C19H23NO/c1-20-13-5-8-18(20)15-21-19-11-9-17(10-12-19)14-16-6-3-2-4-7-16/h2-4,6-7,9-12,18H,5,8,13-15H2,1H3. The second-order valence-corrected chi connectivity index (χ2v) is 5.89. The molecule has 0 saturated carbocycles. The summed E-state index contributed by atoms with van der Waals surface area (Å²) in [6.07, 6.45) is 3.52. The highest BCUT2D eigenvalue weighted by Gasteiger charge is 2.21. The van der Waals surface area contributed by atoms with Gasteiger partial charge < -0.3 is 9.64 Å². The number of benzene rings is 2. The van der Waals surface area contributed by atoms with Crippen LogP contribution in [0.25, 0.3) is 0 Å². The molecular weight excluding hydrogens is 258 g/mol. The van der Waals surface area contributed by atoms with Crippen LogP contribution in [0.15, 0.2) is 54.6 Å². The van der Waals surface area contributed by atoms with Crippen LogP contribution in [0.4, 0.5) is 0 Å². The molecule has 2 heteroatoms. The maximum absolute atomic E-state index is 5.92. The predicted octanol–water partition coefficient (Wildman–Crippen LogP) is 3.75. The fourth-order valence-corrected chi connectivity index (χ4v) is 2.92. The summed E-state index contributed by atoms with van der Waals surface area (Å²) in [7, 11) is 2.18. The molecule has 0 bridgehead atoms. The van der Waals surface area contributed by atoms with Gasteiger partial charge in [-0.2, -0.15) is 0 Å². The first-order chi connectivity index (χ1) is 10.3. The molecule has 1 atom stereocenters. The van der Waals surface area contributed by atoms with Gasteiger partial charge in [0.15, 0.2) is 0 Å². The summed E-state index contributed by atoms with van der Waals surface area (Å²) in [6, 6.07) is 19.7. The van der Waals surface area contributed by atoms with E-state index in [0.717, 1.165) is 18.8 Å². The molecule has 0 amide bonds. The highest BCUT2D eigenvalue weighted by molar-refractivity contribution is 5.31. The fourth-order valence-electron chi connectivity index (χ4n) is 2.92. The minimum atomic E-state index is 0.578. The Morgan fingerprint density at radius 3 is 2.38 bits per heavy atom. The molecule has 0 aromatic heterocycles. The summed E-state index contributed by atoms with van der Waals surface area (Å²) >= 11 is 0. The average Bonchev–Trinajstić information content (AvgIpc) is 2.93. The van der Waals surface area contributed by atoms with Crippen molar-refractivity contribution in [2.45, 2.75) is 25.3 Å². The van der Waals surface area contributed by atoms with E-state index in [4.69, 9.17) is 4.74 Å². The van der Waals surface area contributed by atoms with Crippen molar-refractivity contribution in [3.05, 3.63) is 65.7 Å². The molecule has 21 heavy (non-hydrogen) atoms. The summed E-state index contributed by atoms with van der Waals surface area (Å²) in [4.78, 5) is 2.39. The van der Waals surface area contributed by atoms with Crippen LogP contribution in [-0.2, 0) is 6.42 Å². The summed E-state index contributed by atoms with van der Waals surface area (Å²) in [5.74, 6) is 0.979. The number of rotatable bonds is 5. The van der Waals surface area contributed by atoms with Gasteiger partial charge >= 0.3 is 0 Å². The molecule has 110 valence electrons. The topological polar surface area (TPSA) is 12.5 Å². The molecule has 2 aromatic rings. The van der Waals surface area contributed by atoms with Crippen LogP contribution < -0.4 is 4.74 Å². The van der Waals surface area contributed by atoms with Crippen LogP contribution in [0.1, 0.15) is 24.0 Å². The van der Waals surface area contributed by atoms with Crippen LogP contribution in [0.3, 0.4) is 0 Å². The molecule has 1 aliphatic heterocycles. The molecule has 0 aliphatic carbocycles. The third-order valence-corrected chi connectivity index (χ3v) is 4.29. The number of hydrogen-bond donors (Lipinski definition) is 0. The zero-order chi connectivity index (χ0) is 14.5. The Balaban J connectivity index is 1.54. The number of likely N-dealkylation sites (N-methyl/N-ethyl adjacent to an activating group) is 1. The first-order valence-electron chi connectivity index (χ1n) is 7.77. The number of hydrogen-bond acceptors (Lipinski definition) is 2. The van der Waals surface area contributed by atoms with Crippen molar-refractivity contribution in [1.29, 1.82) is 0 Å². The SMILES string of the molecule is CN1CCCC1COc1ccc(Cc2ccccc2)cc1. The second kappa shape index (κ2) is 6.77. The molecular formula is C19H23NO. The van der Waals surface area contributed by atoms with E-state index in [1.54, 1.807) is 0 Å². The Morgan fingerprint density at radius 1 is 1.00 bits per heavy atom. The Bertz CT molecular complexity index is 550. The predicted molar refractivity (Wildman–Crippen MR) is 86.8 cm³/mol. The van der Waals surface area contributed by atoms with E-state index >= 15 is 0 Å². The van der Waals surface area contributed by atoms with Gasteiger partial charge in [-0.25, -0.2) is 0 Å². The molecule has 0 N–H and O–H groups in total. The van der Waals surface area contributed by atoms with Crippen LogP contribution in [-0.4, -0.2) is 31.1 Å². The highest BCUT2D eigenvalue weighted by Crippen LogP contribution is 2.19. The molecule has 3 rings (SSSR count). The molecule has 1 saturated heterocycles. The van der Waals surface area contributed by atoms with Gasteiger partial charge in [0.25, 0.3) is 0 Å². The first-order valence-corrected chi connectivity index (χ1v) is 7.77. The van der Waals surface area contributed by atoms with Crippen molar-refractivity contribution in [1.82, 2.24) is 4.90 Å². The Morgan fingerprint density at radius 2 is 1.71 bits per heavy atom. The smallest absolute Gasteiger partial charge is 0.119 e. The monoisotopic (exact) mass is 281 g/mol. The molecule has 1 aliphatic rings. The van der Waals surface area contributed by atoms with E-state index in [0.29, 0.717) is 6.04 Å². The Hall–Kier alpha value is -1.80. The minimum absolute atomic E-state index is 0.578. The van der Waals surface area contributed by atoms with E-state index in [9.17, 15) is 0 Å².